The highest BCUT2D eigenvalue weighted by atomic mass is 32.1. The first-order valence-electron chi connectivity index (χ1n) is 2.67. The van der Waals surface area contributed by atoms with Gasteiger partial charge in [-0.1, -0.05) is 6.07 Å². The van der Waals surface area contributed by atoms with Crippen LogP contribution in [0, 0.1) is 6.92 Å². The van der Waals surface area contributed by atoms with E-state index in [0.717, 1.165) is 0 Å². The van der Waals surface area contributed by atoms with Gasteiger partial charge in [-0.25, -0.2) is 0 Å². The molecule has 1 aromatic rings. The average Bonchev–Trinajstić information content (AvgIpc) is 2.15. The topological polar surface area (TPSA) is 60.7 Å². The summed E-state index contributed by atoms with van der Waals surface area (Å²) in [5, 5.41) is 23.6. The van der Waals surface area contributed by atoms with Crippen LogP contribution >= 0.6 is 11.3 Å². The van der Waals surface area contributed by atoms with Gasteiger partial charge in [0, 0.05) is 4.88 Å². The van der Waals surface area contributed by atoms with E-state index < -0.39 is 7.32 Å². The Kier molecular flexibility index (Phi) is 5.24. The first kappa shape index (κ1) is 9.64. The van der Waals surface area contributed by atoms with Crippen LogP contribution in [0.1, 0.15) is 4.88 Å². The van der Waals surface area contributed by atoms with Gasteiger partial charge in [0.2, 0.25) is 0 Å². The number of hydrogen-bond acceptors (Lipinski definition) is 4. The zero-order valence-electron chi connectivity index (χ0n) is 5.56. The predicted octanol–water partition coefficient (Wildman–Crippen LogP) is 0.00472. The van der Waals surface area contributed by atoms with Crippen LogP contribution in [0.15, 0.2) is 17.5 Å². The molecule has 3 N–H and O–H groups in total. The number of hydrogen-bond donors (Lipinski definition) is 3. The van der Waals surface area contributed by atoms with Gasteiger partial charge in [0.25, 0.3) is 0 Å². The lowest BCUT2D eigenvalue weighted by Crippen LogP contribution is -2.07. The first-order valence-corrected chi connectivity index (χ1v) is 3.55. The van der Waals surface area contributed by atoms with Crippen molar-refractivity contribution in [1.29, 1.82) is 0 Å². The molecule has 1 rings (SSSR count). The smallest absolute Gasteiger partial charge is 0.402 e. The minimum absolute atomic E-state index is 1.38. The molecule has 0 saturated carbocycles. The van der Waals surface area contributed by atoms with E-state index >= 15 is 0 Å². The zero-order valence-corrected chi connectivity index (χ0v) is 6.38. The third-order valence-electron chi connectivity index (χ3n) is 0.663. The van der Waals surface area contributed by atoms with E-state index in [1.54, 1.807) is 11.3 Å². The second-order valence-electron chi connectivity index (χ2n) is 1.57. The third kappa shape index (κ3) is 7.64. The number of rotatable bonds is 0. The molecular weight excluding hydrogens is 151 g/mol. The monoisotopic (exact) mass is 160 g/mol. The molecule has 1 aromatic heterocycles. The molecule has 0 bridgehead atoms. The Hall–Kier alpha value is -0.355. The Balaban J connectivity index is 0.000000180. The van der Waals surface area contributed by atoms with Crippen molar-refractivity contribution in [1.82, 2.24) is 0 Å². The summed E-state index contributed by atoms with van der Waals surface area (Å²) in [5.41, 5.74) is 0. The molecule has 0 aliphatic rings. The fourth-order valence-corrected chi connectivity index (χ4v) is 0.890. The highest BCUT2D eigenvalue weighted by Gasteiger charge is 1.92. The lowest BCUT2D eigenvalue weighted by atomic mass is 10.3. The maximum Gasteiger partial charge on any atom is 0.631 e. The molecule has 10 heavy (non-hydrogen) atoms. The van der Waals surface area contributed by atoms with E-state index in [2.05, 4.69) is 24.4 Å². The predicted molar refractivity (Wildman–Crippen MR) is 41.5 cm³/mol. The van der Waals surface area contributed by atoms with Crippen LogP contribution in [0.3, 0.4) is 0 Å². The van der Waals surface area contributed by atoms with Crippen molar-refractivity contribution in [2.45, 2.75) is 6.92 Å². The van der Waals surface area contributed by atoms with Crippen molar-refractivity contribution in [2.75, 3.05) is 0 Å². The Morgan fingerprint density at radius 2 is 1.90 bits per heavy atom. The van der Waals surface area contributed by atoms with Crippen molar-refractivity contribution >= 4 is 18.7 Å². The standard InChI is InChI=1S/C5H6S.BH3O3/c1-5-3-2-4-6-5;2-1(3)4/h2-4H,1H3;2-4H. The Bertz CT molecular complexity index is 149. The molecule has 0 saturated heterocycles. The summed E-state index contributed by atoms with van der Waals surface area (Å²) in [6.45, 7) is 2.10. The molecule has 5 heteroatoms. The molecule has 1 heterocycles. The Labute approximate surface area is 63.8 Å². The van der Waals surface area contributed by atoms with Crippen LogP contribution in [-0.4, -0.2) is 22.4 Å². The minimum atomic E-state index is -2.17. The molecule has 0 unspecified atom stereocenters. The molecule has 0 atom stereocenters. The van der Waals surface area contributed by atoms with Gasteiger partial charge in [-0.3, -0.25) is 0 Å². The van der Waals surface area contributed by atoms with E-state index in [9.17, 15) is 0 Å². The van der Waals surface area contributed by atoms with Gasteiger partial charge in [-0.15, -0.1) is 11.3 Å². The first-order chi connectivity index (χ1) is 4.63. The molecule has 56 valence electrons. The second-order valence-corrected chi connectivity index (χ2v) is 2.72. The van der Waals surface area contributed by atoms with Crippen LogP contribution in [0.5, 0.6) is 0 Å². The minimum Gasteiger partial charge on any atom is -0.402 e. The van der Waals surface area contributed by atoms with Crippen molar-refractivity contribution in [3.05, 3.63) is 22.4 Å². The van der Waals surface area contributed by atoms with Gasteiger partial charge in [0.05, 0.1) is 0 Å². The third-order valence-corrected chi connectivity index (χ3v) is 1.46. The molecule has 0 amide bonds. The highest BCUT2D eigenvalue weighted by molar-refractivity contribution is 7.09. The van der Waals surface area contributed by atoms with Crippen molar-refractivity contribution in [2.24, 2.45) is 0 Å². The van der Waals surface area contributed by atoms with Crippen LogP contribution in [0.4, 0.5) is 0 Å². The van der Waals surface area contributed by atoms with Crippen LogP contribution in [-0.2, 0) is 0 Å². The van der Waals surface area contributed by atoms with Gasteiger partial charge in [0.15, 0.2) is 0 Å². The molecule has 0 fully saturated rings. The number of thiophene rings is 1. The lowest BCUT2D eigenvalue weighted by molar-refractivity contribution is 0.278. The van der Waals surface area contributed by atoms with E-state index in [1.165, 1.54) is 4.88 Å². The molecule has 3 nitrogen and oxygen atoms in total. The maximum absolute atomic E-state index is 7.17. The summed E-state index contributed by atoms with van der Waals surface area (Å²) in [6.07, 6.45) is 0. The normalized spacial score (nSPS) is 8.00. The average molecular weight is 160 g/mol. The van der Waals surface area contributed by atoms with Gasteiger partial charge in [0.1, 0.15) is 0 Å². The summed E-state index contributed by atoms with van der Waals surface area (Å²) in [5.74, 6) is 0. The van der Waals surface area contributed by atoms with Gasteiger partial charge < -0.3 is 15.1 Å². The van der Waals surface area contributed by atoms with E-state index in [-0.39, 0.29) is 0 Å². The zero-order chi connectivity index (χ0) is 7.98. The van der Waals surface area contributed by atoms with Gasteiger partial charge >= 0.3 is 7.32 Å². The molecule has 0 aliphatic heterocycles. The summed E-state index contributed by atoms with van der Waals surface area (Å²) in [4.78, 5) is 1.38. The van der Waals surface area contributed by atoms with E-state index in [4.69, 9.17) is 15.1 Å². The van der Waals surface area contributed by atoms with Gasteiger partial charge in [-0.05, 0) is 18.4 Å². The van der Waals surface area contributed by atoms with E-state index in [0.29, 0.717) is 0 Å². The van der Waals surface area contributed by atoms with Crippen LogP contribution in [0.25, 0.3) is 0 Å². The Morgan fingerprint density at radius 1 is 1.40 bits per heavy atom. The van der Waals surface area contributed by atoms with E-state index in [1.807, 2.05) is 0 Å². The molecule has 0 spiro atoms. The molecule has 0 aromatic carbocycles. The van der Waals surface area contributed by atoms with Crippen LogP contribution < -0.4 is 0 Å². The molecule has 0 radical (unpaired) electrons. The SMILES string of the molecule is Cc1cccs1.OB(O)O. The van der Waals surface area contributed by atoms with Gasteiger partial charge in [-0.2, -0.15) is 0 Å². The summed E-state index contributed by atoms with van der Waals surface area (Å²) in [6, 6.07) is 4.16. The fourth-order valence-electron chi connectivity index (χ4n) is 0.361. The highest BCUT2D eigenvalue weighted by Crippen LogP contribution is 2.03. The molecule has 0 aliphatic carbocycles. The van der Waals surface area contributed by atoms with Crippen molar-refractivity contribution < 1.29 is 15.1 Å². The second kappa shape index (κ2) is 5.43. The summed E-state index contributed by atoms with van der Waals surface area (Å²) in [7, 11) is -2.17. The molecular formula is C5H9BO3S. The van der Waals surface area contributed by atoms with Crippen LogP contribution in [0.2, 0.25) is 0 Å². The fraction of sp³-hybridized carbons (Fsp3) is 0.200. The Morgan fingerprint density at radius 3 is 2.00 bits per heavy atom. The van der Waals surface area contributed by atoms with Crippen molar-refractivity contribution in [3.63, 3.8) is 0 Å². The number of aryl methyl sites for hydroxylation is 1. The maximum atomic E-state index is 7.17. The van der Waals surface area contributed by atoms with Crippen molar-refractivity contribution in [3.8, 4) is 0 Å². The summed E-state index contributed by atoms with van der Waals surface area (Å²) >= 11 is 1.78. The lowest BCUT2D eigenvalue weighted by Gasteiger charge is -1.69. The largest absolute Gasteiger partial charge is 0.631 e. The summed E-state index contributed by atoms with van der Waals surface area (Å²) < 4.78 is 0. The quantitative estimate of drug-likeness (QED) is 0.468.